The fourth-order valence-corrected chi connectivity index (χ4v) is 3.49. The van der Waals surface area contributed by atoms with Crippen LogP contribution in [0.1, 0.15) is 97.8 Å². The van der Waals surface area contributed by atoms with Crippen molar-refractivity contribution >= 4 is 5.91 Å². The number of hydrogen-bond donors (Lipinski definition) is 1. The van der Waals surface area contributed by atoms with Crippen LogP contribution in [0.5, 0.6) is 0 Å². The molecule has 0 aliphatic rings. The summed E-state index contributed by atoms with van der Waals surface area (Å²) in [6, 6.07) is 0.330. The van der Waals surface area contributed by atoms with Crippen molar-refractivity contribution in [2.24, 2.45) is 5.73 Å². The summed E-state index contributed by atoms with van der Waals surface area (Å²) in [5, 5.41) is 0. The number of likely N-dealkylation sites (N-methyl/N-ethyl adjacent to an activating group) is 1. The van der Waals surface area contributed by atoms with Crippen molar-refractivity contribution in [3.8, 4) is 0 Å². The Bertz CT molecular complexity index is 361. The number of nitrogens with two attached hydrogens (primary N) is 1. The van der Waals surface area contributed by atoms with E-state index in [1.807, 2.05) is 6.92 Å². The van der Waals surface area contributed by atoms with Crippen molar-refractivity contribution in [1.29, 1.82) is 0 Å². The minimum Gasteiger partial charge on any atom is -0.366 e. The predicted molar refractivity (Wildman–Crippen MR) is 106 cm³/mol. The Kier molecular flexibility index (Phi) is 14.0. The lowest BCUT2D eigenvalue weighted by molar-refractivity contribution is -0.114. The first kappa shape index (κ1) is 23.2. The van der Waals surface area contributed by atoms with Crippen LogP contribution in [-0.4, -0.2) is 30.9 Å². The van der Waals surface area contributed by atoms with E-state index in [9.17, 15) is 4.79 Å². The van der Waals surface area contributed by atoms with Gasteiger partial charge in [-0.15, -0.1) is 0 Å². The third-order valence-electron chi connectivity index (χ3n) is 5.06. The SMILES string of the molecule is CCCCCCCCCCCCC(=C(C)C(N)=O)C(CC)N(C)C. The molecule has 142 valence electrons. The molecule has 0 bridgehead atoms. The number of carbonyl (C=O) groups excluding carboxylic acids is 1. The average Bonchev–Trinajstić information content (AvgIpc) is 2.54. The molecule has 0 fully saturated rings. The van der Waals surface area contributed by atoms with Crippen molar-refractivity contribution in [3.05, 3.63) is 11.1 Å². The zero-order valence-corrected chi connectivity index (χ0v) is 17.0. The second-order valence-corrected chi connectivity index (χ2v) is 7.33. The van der Waals surface area contributed by atoms with Gasteiger partial charge in [0.05, 0.1) is 0 Å². The molecule has 0 heterocycles. The summed E-state index contributed by atoms with van der Waals surface area (Å²) in [6.45, 7) is 6.33. The molecule has 0 aliphatic carbocycles. The van der Waals surface area contributed by atoms with E-state index in [2.05, 4.69) is 32.8 Å². The number of rotatable bonds is 15. The van der Waals surface area contributed by atoms with Crippen molar-refractivity contribution in [3.63, 3.8) is 0 Å². The molecule has 0 spiro atoms. The van der Waals surface area contributed by atoms with Gasteiger partial charge < -0.3 is 10.6 Å². The smallest absolute Gasteiger partial charge is 0.244 e. The zero-order chi connectivity index (χ0) is 18.4. The minimum absolute atomic E-state index is 0.266. The van der Waals surface area contributed by atoms with E-state index >= 15 is 0 Å². The fourth-order valence-electron chi connectivity index (χ4n) is 3.49. The van der Waals surface area contributed by atoms with Crippen LogP contribution in [-0.2, 0) is 4.79 Å². The Morgan fingerprint density at radius 2 is 1.33 bits per heavy atom. The molecule has 0 saturated carbocycles. The molecule has 0 aromatic carbocycles. The van der Waals surface area contributed by atoms with Crippen molar-refractivity contribution in [2.45, 2.75) is 104 Å². The molecule has 0 saturated heterocycles. The maximum absolute atomic E-state index is 11.6. The lowest BCUT2D eigenvalue weighted by Gasteiger charge is -2.27. The van der Waals surface area contributed by atoms with Gasteiger partial charge >= 0.3 is 0 Å². The quantitative estimate of drug-likeness (QED) is 0.319. The summed E-state index contributed by atoms with van der Waals surface area (Å²) in [5.41, 5.74) is 7.55. The molecular weight excluding hydrogens is 296 g/mol. The van der Waals surface area contributed by atoms with Crippen LogP contribution < -0.4 is 5.73 Å². The van der Waals surface area contributed by atoms with E-state index in [4.69, 9.17) is 5.73 Å². The van der Waals surface area contributed by atoms with Gasteiger partial charge in [-0.1, -0.05) is 71.6 Å². The van der Waals surface area contributed by atoms with Crippen molar-refractivity contribution in [1.82, 2.24) is 4.90 Å². The Balaban J connectivity index is 4.13. The van der Waals surface area contributed by atoms with Crippen molar-refractivity contribution < 1.29 is 4.79 Å². The highest BCUT2D eigenvalue weighted by Crippen LogP contribution is 2.23. The van der Waals surface area contributed by atoms with Crippen LogP contribution in [0, 0.1) is 0 Å². The molecule has 3 nitrogen and oxygen atoms in total. The molecule has 0 radical (unpaired) electrons. The monoisotopic (exact) mass is 338 g/mol. The summed E-state index contributed by atoms with van der Waals surface area (Å²) in [7, 11) is 4.17. The summed E-state index contributed by atoms with van der Waals surface area (Å²) < 4.78 is 0. The molecule has 0 aliphatic heterocycles. The van der Waals surface area contributed by atoms with E-state index in [1.165, 1.54) is 69.8 Å². The summed E-state index contributed by atoms with van der Waals surface area (Å²) in [6.07, 6.45) is 15.4. The third kappa shape index (κ3) is 10.1. The van der Waals surface area contributed by atoms with Gasteiger partial charge in [-0.2, -0.15) is 0 Å². The predicted octanol–water partition coefficient (Wildman–Crippen LogP) is 5.44. The Morgan fingerprint density at radius 1 is 0.875 bits per heavy atom. The van der Waals surface area contributed by atoms with Crippen LogP contribution in [0.3, 0.4) is 0 Å². The summed E-state index contributed by atoms with van der Waals surface area (Å²) in [4.78, 5) is 13.8. The second kappa shape index (κ2) is 14.5. The highest BCUT2D eigenvalue weighted by Gasteiger charge is 2.18. The highest BCUT2D eigenvalue weighted by atomic mass is 16.1. The molecular formula is C21H42N2O. The van der Waals surface area contributed by atoms with Crippen LogP contribution in [0.2, 0.25) is 0 Å². The maximum Gasteiger partial charge on any atom is 0.244 e. The summed E-state index contributed by atoms with van der Waals surface area (Å²) in [5.74, 6) is -0.266. The molecule has 2 N–H and O–H groups in total. The highest BCUT2D eigenvalue weighted by molar-refractivity contribution is 5.92. The van der Waals surface area contributed by atoms with E-state index in [0.717, 1.165) is 18.4 Å². The van der Waals surface area contributed by atoms with Gasteiger partial charge in [0.25, 0.3) is 0 Å². The van der Waals surface area contributed by atoms with Gasteiger partial charge in [0.1, 0.15) is 0 Å². The Morgan fingerprint density at radius 3 is 1.71 bits per heavy atom. The molecule has 1 unspecified atom stereocenters. The van der Waals surface area contributed by atoms with Crippen LogP contribution in [0.15, 0.2) is 11.1 Å². The van der Waals surface area contributed by atoms with Gasteiger partial charge in [-0.05, 0) is 45.9 Å². The van der Waals surface area contributed by atoms with E-state index in [-0.39, 0.29) is 5.91 Å². The fraction of sp³-hybridized carbons (Fsp3) is 0.857. The van der Waals surface area contributed by atoms with Gasteiger partial charge in [0.2, 0.25) is 5.91 Å². The first-order chi connectivity index (χ1) is 11.5. The Hall–Kier alpha value is -0.830. The third-order valence-corrected chi connectivity index (χ3v) is 5.06. The largest absolute Gasteiger partial charge is 0.366 e. The number of nitrogens with zero attached hydrogens (tertiary/aromatic N) is 1. The van der Waals surface area contributed by atoms with Gasteiger partial charge in [0.15, 0.2) is 0 Å². The number of amides is 1. The molecule has 0 aromatic rings. The van der Waals surface area contributed by atoms with Crippen LogP contribution in [0.25, 0.3) is 0 Å². The maximum atomic E-state index is 11.6. The van der Waals surface area contributed by atoms with Gasteiger partial charge in [-0.3, -0.25) is 4.79 Å². The van der Waals surface area contributed by atoms with Gasteiger partial charge in [-0.25, -0.2) is 0 Å². The molecule has 0 aromatic heterocycles. The minimum atomic E-state index is -0.266. The normalized spacial score (nSPS) is 13.9. The lowest BCUT2D eigenvalue weighted by atomic mass is 9.92. The zero-order valence-electron chi connectivity index (χ0n) is 17.0. The summed E-state index contributed by atoms with van der Waals surface area (Å²) >= 11 is 0. The molecule has 1 atom stereocenters. The van der Waals surface area contributed by atoms with Crippen molar-refractivity contribution in [2.75, 3.05) is 14.1 Å². The topological polar surface area (TPSA) is 46.3 Å². The molecule has 3 heteroatoms. The first-order valence-corrected chi connectivity index (χ1v) is 10.1. The van der Waals surface area contributed by atoms with E-state index < -0.39 is 0 Å². The Labute approximate surface area is 151 Å². The van der Waals surface area contributed by atoms with Gasteiger partial charge in [0, 0.05) is 11.6 Å². The van der Waals surface area contributed by atoms with Crippen LogP contribution in [0.4, 0.5) is 0 Å². The number of unbranched alkanes of at least 4 members (excludes halogenated alkanes) is 9. The first-order valence-electron chi connectivity index (χ1n) is 10.1. The molecule has 1 amide bonds. The van der Waals surface area contributed by atoms with Crippen LogP contribution >= 0.6 is 0 Å². The standard InChI is InChI=1S/C21H42N2O/c1-6-8-9-10-11-12-13-14-15-16-17-19(18(3)21(22)24)20(7-2)23(4)5/h20H,6-17H2,1-5H3,(H2,22,24). The second-order valence-electron chi connectivity index (χ2n) is 7.33. The number of hydrogen-bond acceptors (Lipinski definition) is 2. The molecule has 24 heavy (non-hydrogen) atoms. The average molecular weight is 339 g/mol. The van der Waals surface area contributed by atoms with E-state index in [0.29, 0.717) is 6.04 Å². The number of carbonyl (C=O) groups is 1. The van der Waals surface area contributed by atoms with E-state index in [1.54, 1.807) is 0 Å². The molecule has 0 rings (SSSR count). The number of primary amides is 1. The lowest BCUT2D eigenvalue weighted by Crippen LogP contribution is -2.31.